The van der Waals surface area contributed by atoms with Gasteiger partial charge < -0.3 is 5.32 Å². The molecule has 0 bridgehead atoms. The van der Waals surface area contributed by atoms with Gasteiger partial charge in [-0.05, 0) is 67.1 Å². The molecule has 13 heteroatoms. The van der Waals surface area contributed by atoms with Gasteiger partial charge in [-0.3, -0.25) is 13.8 Å². The molecule has 3 aromatic rings. The van der Waals surface area contributed by atoms with Crippen molar-refractivity contribution in [1.29, 1.82) is 0 Å². The number of halogens is 3. The summed E-state index contributed by atoms with van der Waals surface area (Å²) in [5, 5.41) is 3.30. The molecule has 35 heavy (non-hydrogen) atoms. The topological polar surface area (TPSA) is 113 Å². The van der Waals surface area contributed by atoms with Crippen molar-refractivity contribution in [2.45, 2.75) is 11.8 Å². The molecule has 0 radical (unpaired) electrons. The first kappa shape index (κ1) is 27.1. The van der Waals surface area contributed by atoms with Crippen LogP contribution in [0.2, 0.25) is 15.1 Å². The second kappa shape index (κ2) is 10.6. The first-order chi connectivity index (χ1) is 16.3. The van der Waals surface area contributed by atoms with Crippen molar-refractivity contribution in [2.24, 2.45) is 0 Å². The van der Waals surface area contributed by atoms with E-state index in [1.165, 1.54) is 48.5 Å². The Hall–Kier alpha value is -2.50. The molecular formula is C22H20Cl3N3O5S2. The molecule has 0 saturated heterocycles. The summed E-state index contributed by atoms with van der Waals surface area (Å²) >= 11 is 17.9. The van der Waals surface area contributed by atoms with Gasteiger partial charge in [-0.15, -0.1) is 0 Å². The van der Waals surface area contributed by atoms with Crippen LogP contribution in [-0.2, 0) is 24.8 Å². The molecule has 1 amide bonds. The Morgan fingerprint density at radius 1 is 0.886 bits per heavy atom. The predicted octanol–water partition coefficient (Wildman–Crippen LogP) is 5.16. The number of carbonyl (C=O) groups excluding carboxylic acids is 1. The molecule has 0 unspecified atom stereocenters. The van der Waals surface area contributed by atoms with Crippen LogP contribution in [0.4, 0.5) is 17.1 Å². The number of hydrogen-bond donors (Lipinski definition) is 2. The molecule has 8 nitrogen and oxygen atoms in total. The van der Waals surface area contributed by atoms with E-state index in [0.29, 0.717) is 21.3 Å². The second-order valence-electron chi connectivity index (χ2n) is 7.50. The summed E-state index contributed by atoms with van der Waals surface area (Å²) in [7, 11) is -7.77. The molecule has 0 fully saturated rings. The van der Waals surface area contributed by atoms with Crippen molar-refractivity contribution in [3.63, 3.8) is 0 Å². The van der Waals surface area contributed by atoms with Gasteiger partial charge in [0.05, 0.1) is 27.5 Å². The van der Waals surface area contributed by atoms with Crippen LogP contribution in [-0.4, -0.2) is 35.5 Å². The minimum atomic E-state index is -3.91. The van der Waals surface area contributed by atoms with Gasteiger partial charge in [0.1, 0.15) is 6.54 Å². The van der Waals surface area contributed by atoms with Crippen LogP contribution in [0.15, 0.2) is 65.6 Å². The van der Waals surface area contributed by atoms with Crippen LogP contribution in [0.3, 0.4) is 0 Å². The quantitative estimate of drug-likeness (QED) is 0.385. The van der Waals surface area contributed by atoms with Crippen LogP contribution < -0.4 is 14.3 Å². The van der Waals surface area contributed by atoms with Crippen LogP contribution in [0.5, 0.6) is 0 Å². The Labute approximate surface area is 218 Å². The molecule has 0 aliphatic rings. The summed E-state index contributed by atoms with van der Waals surface area (Å²) in [6, 6.07) is 14.5. The third-order valence-electron chi connectivity index (χ3n) is 4.76. The molecule has 0 heterocycles. The number of rotatable bonds is 8. The van der Waals surface area contributed by atoms with E-state index in [0.717, 1.165) is 10.6 Å². The summed E-state index contributed by atoms with van der Waals surface area (Å²) in [6.45, 7) is 1.18. The van der Waals surface area contributed by atoms with E-state index in [-0.39, 0.29) is 21.3 Å². The average molecular weight is 577 g/mol. The van der Waals surface area contributed by atoms with Gasteiger partial charge in [0.15, 0.2) is 0 Å². The molecule has 186 valence electrons. The first-order valence-electron chi connectivity index (χ1n) is 9.88. The molecule has 0 aromatic heterocycles. The van der Waals surface area contributed by atoms with Gasteiger partial charge >= 0.3 is 0 Å². The van der Waals surface area contributed by atoms with E-state index < -0.39 is 32.5 Å². The largest absolute Gasteiger partial charge is 0.325 e. The molecule has 0 aliphatic carbocycles. The Kier molecular flexibility index (Phi) is 8.23. The fraction of sp³-hybridized carbons (Fsp3) is 0.136. The molecule has 0 atom stereocenters. The van der Waals surface area contributed by atoms with Crippen molar-refractivity contribution in [3.05, 3.63) is 81.3 Å². The van der Waals surface area contributed by atoms with E-state index >= 15 is 0 Å². The molecule has 2 N–H and O–H groups in total. The highest BCUT2D eigenvalue weighted by atomic mass is 35.5. The van der Waals surface area contributed by atoms with E-state index in [2.05, 4.69) is 10.0 Å². The van der Waals surface area contributed by atoms with Crippen molar-refractivity contribution < 1.29 is 21.6 Å². The molecular weight excluding hydrogens is 557 g/mol. The van der Waals surface area contributed by atoms with E-state index in [9.17, 15) is 21.6 Å². The summed E-state index contributed by atoms with van der Waals surface area (Å²) in [5.41, 5.74) is 1.40. The number of carbonyl (C=O) groups is 1. The van der Waals surface area contributed by atoms with Gasteiger partial charge in [0.2, 0.25) is 15.9 Å². The van der Waals surface area contributed by atoms with E-state index in [4.69, 9.17) is 34.8 Å². The minimum Gasteiger partial charge on any atom is -0.325 e. The fourth-order valence-corrected chi connectivity index (χ4v) is 5.74. The van der Waals surface area contributed by atoms with E-state index in [1.54, 1.807) is 19.1 Å². The van der Waals surface area contributed by atoms with Crippen LogP contribution >= 0.6 is 34.8 Å². The number of sulfonamides is 2. The third kappa shape index (κ3) is 7.02. The van der Waals surface area contributed by atoms with Crippen molar-refractivity contribution >= 4 is 77.8 Å². The lowest BCUT2D eigenvalue weighted by atomic mass is 10.2. The summed E-state index contributed by atoms with van der Waals surface area (Å²) < 4.78 is 53.3. The Bertz CT molecular complexity index is 1480. The lowest BCUT2D eigenvalue weighted by molar-refractivity contribution is -0.114. The molecule has 0 saturated carbocycles. The highest BCUT2D eigenvalue weighted by Crippen LogP contribution is 2.30. The first-order valence-corrected chi connectivity index (χ1v) is 14.3. The summed E-state index contributed by atoms with van der Waals surface area (Å²) in [6.07, 6.45) is 0.944. The SMILES string of the molecule is Cc1ccc(Cl)cc1NS(=O)(=O)c1ccc(NC(=O)CN(c2ccc(Cl)cc2Cl)S(C)(=O)=O)cc1. The number of nitrogens with one attached hydrogen (secondary N) is 2. The molecule has 0 aliphatic heterocycles. The van der Waals surface area contributed by atoms with E-state index in [1.807, 2.05) is 0 Å². The number of benzene rings is 3. The van der Waals surface area contributed by atoms with Gasteiger partial charge in [0.25, 0.3) is 10.0 Å². The van der Waals surface area contributed by atoms with Crippen molar-refractivity contribution in [3.8, 4) is 0 Å². The molecule has 3 rings (SSSR count). The highest BCUT2D eigenvalue weighted by molar-refractivity contribution is 7.92. The Morgan fingerprint density at radius 2 is 1.49 bits per heavy atom. The summed E-state index contributed by atoms with van der Waals surface area (Å²) in [4.78, 5) is 12.5. The zero-order valence-electron chi connectivity index (χ0n) is 18.4. The number of aryl methyl sites for hydroxylation is 1. The van der Waals surface area contributed by atoms with Crippen molar-refractivity contribution in [2.75, 3.05) is 27.1 Å². The molecule has 0 spiro atoms. The van der Waals surface area contributed by atoms with Gasteiger partial charge in [-0.25, -0.2) is 16.8 Å². The van der Waals surface area contributed by atoms with Crippen LogP contribution in [0, 0.1) is 6.92 Å². The smallest absolute Gasteiger partial charge is 0.261 e. The monoisotopic (exact) mass is 575 g/mol. The van der Waals surface area contributed by atoms with Crippen molar-refractivity contribution in [1.82, 2.24) is 0 Å². The highest BCUT2D eigenvalue weighted by Gasteiger charge is 2.23. The zero-order chi connectivity index (χ0) is 26.0. The maximum atomic E-state index is 12.7. The predicted molar refractivity (Wildman–Crippen MR) is 141 cm³/mol. The lowest BCUT2D eigenvalue weighted by Crippen LogP contribution is -2.37. The Balaban J connectivity index is 1.75. The summed E-state index contributed by atoms with van der Waals surface area (Å²) in [5.74, 6) is -0.662. The van der Waals surface area contributed by atoms with Crippen LogP contribution in [0.1, 0.15) is 5.56 Å². The van der Waals surface area contributed by atoms with Gasteiger partial charge in [-0.2, -0.15) is 0 Å². The fourth-order valence-electron chi connectivity index (χ4n) is 3.02. The number of hydrogen-bond acceptors (Lipinski definition) is 5. The standard InChI is InChI=1S/C22H20Cl3N3O5S2/c1-14-3-4-16(24)12-20(14)27-35(32,33)18-8-6-17(7-9-18)26-22(29)13-28(34(2,30)31)21-10-5-15(23)11-19(21)25/h3-12,27H,13H2,1-2H3,(H,26,29). The number of amides is 1. The Morgan fingerprint density at radius 3 is 2.09 bits per heavy atom. The maximum absolute atomic E-state index is 12.7. The maximum Gasteiger partial charge on any atom is 0.261 e. The van der Waals surface area contributed by atoms with Crippen LogP contribution in [0.25, 0.3) is 0 Å². The second-order valence-corrected chi connectivity index (χ2v) is 12.4. The third-order valence-corrected chi connectivity index (χ3v) is 8.04. The normalized spacial score (nSPS) is 11.7. The average Bonchev–Trinajstić information content (AvgIpc) is 2.74. The molecule has 3 aromatic carbocycles. The number of anilines is 3. The minimum absolute atomic E-state index is 0.0411. The lowest BCUT2D eigenvalue weighted by Gasteiger charge is -2.23. The van der Waals surface area contributed by atoms with Gasteiger partial charge in [0, 0.05) is 15.7 Å². The van der Waals surface area contributed by atoms with Gasteiger partial charge in [-0.1, -0.05) is 40.9 Å². The number of nitrogens with zero attached hydrogens (tertiary/aromatic N) is 1. The zero-order valence-corrected chi connectivity index (χ0v) is 22.3.